The van der Waals surface area contributed by atoms with E-state index in [0.29, 0.717) is 5.39 Å². The van der Waals surface area contributed by atoms with E-state index in [1.807, 2.05) is 18.2 Å². The highest BCUT2D eigenvalue weighted by molar-refractivity contribution is 6.32. The molecule has 26 heavy (non-hydrogen) atoms. The highest BCUT2D eigenvalue weighted by atomic mass is 35.5. The third kappa shape index (κ3) is 3.41. The van der Waals surface area contributed by atoms with Crippen LogP contribution in [0.2, 0.25) is 5.02 Å². The molecule has 0 fully saturated rings. The topological polar surface area (TPSA) is 91.2 Å². The normalized spacial score (nSPS) is 11.0. The van der Waals surface area contributed by atoms with Crippen molar-refractivity contribution in [2.24, 2.45) is 5.10 Å². The fourth-order valence-electron chi connectivity index (χ4n) is 2.50. The molecule has 0 aliphatic heterocycles. The Bertz CT molecular complexity index is 1020. The van der Waals surface area contributed by atoms with E-state index in [-0.39, 0.29) is 27.8 Å². The maximum Gasteiger partial charge on any atom is 0.271 e. The summed E-state index contributed by atoms with van der Waals surface area (Å²) in [6.45, 7) is 0. The molecule has 1 amide bonds. The minimum Gasteiger partial charge on any atom is -0.507 e. The van der Waals surface area contributed by atoms with E-state index in [1.165, 1.54) is 25.5 Å². The van der Waals surface area contributed by atoms with Gasteiger partial charge in [-0.1, -0.05) is 35.9 Å². The molecule has 0 aliphatic rings. The second kappa shape index (κ2) is 7.33. The number of fused-ring (bicyclic) bond motifs is 1. The van der Waals surface area contributed by atoms with Crippen LogP contribution in [0, 0.1) is 0 Å². The van der Waals surface area contributed by atoms with Crippen LogP contribution in [0.3, 0.4) is 0 Å². The van der Waals surface area contributed by atoms with Gasteiger partial charge in [-0.3, -0.25) is 4.79 Å². The molecule has 132 valence electrons. The first kappa shape index (κ1) is 17.6. The van der Waals surface area contributed by atoms with E-state index in [2.05, 4.69) is 10.5 Å². The number of halogens is 1. The number of hydrogen-bond acceptors (Lipinski definition) is 5. The number of carbonyl (C=O) groups is 1. The van der Waals surface area contributed by atoms with Gasteiger partial charge in [-0.05, 0) is 29.7 Å². The van der Waals surface area contributed by atoms with Crippen molar-refractivity contribution in [2.75, 3.05) is 7.11 Å². The fraction of sp³-hybridized carbons (Fsp3) is 0.0526. The van der Waals surface area contributed by atoms with Gasteiger partial charge in [0.1, 0.15) is 5.75 Å². The van der Waals surface area contributed by atoms with Crippen molar-refractivity contribution >= 4 is 34.5 Å². The zero-order valence-corrected chi connectivity index (χ0v) is 14.5. The maximum atomic E-state index is 12.2. The Morgan fingerprint density at radius 3 is 2.62 bits per heavy atom. The molecule has 0 unspecified atom stereocenters. The van der Waals surface area contributed by atoms with Gasteiger partial charge >= 0.3 is 0 Å². The summed E-state index contributed by atoms with van der Waals surface area (Å²) in [5.74, 6) is -0.474. The van der Waals surface area contributed by atoms with E-state index < -0.39 is 5.91 Å². The molecule has 0 saturated carbocycles. The van der Waals surface area contributed by atoms with Crippen molar-refractivity contribution in [3.05, 3.63) is 64.7 Å². The molecule has 3 aromatic carbocycles. The zero-order valence-electron chi connectivity index (χ0n) is 13.7. The summed E-state index contributed by atoms with van der Waals surface area (Å²) in [5, 5.41) is 25.1. The van der Waals surface area contributed by atoms with Crippen molar-refractivity contribution in [3.63, 3.8) is 0 Å². The Labute approximate surface area is 154 Å². The van der Waals surface area contributed by atoms with E-state index in [4.69, 9.17) is 16.3 Å². The molecule has 3 rings (SSSR count). The molecule has 7 heteroatoms. The summed E-state index contributed by atoms with van der Waals surface area (Å²) in [4.78, 5) is 12.2. The van der Waals surface area contributed by atoms with Crippen LogP contribution in [0.4, 0.5) is 0 Å². The predicted molar refractivity (Wildman–Crippen MR) is 100 cm³/mol. The second-order valence-electron chi connectivity index (χ2n) is 5.43. The quantitative estimate of drug-likeness (QED) is 0.482. The number of benzene rings is 3. The minimum absolute atomic E-state index is 0.00279. The summed E-state index contributed by atoms with van der Waals surface area (Å²) in [5.41, 5.74) is 3.33. The number of carbonyl (C=O) groups excluding carboxylic acids is 1. The Hall–Kier alpha value is -3.25. The molecule has 3 aromatic rings. The summed E-state index contributed by atoms with van der Waals surface area (Å²) in [6.07, 6.45) is 1.49. The smallest absolute Gasteiger partial charge is 0.271 e. The number of hydrogen-bond donors (Lipinski definition) is 3. The number of amides is 1. The van der Waals surface area contributed by atoms with Crippen molar-refractivity contribution < 1.29 is 19.7 Å². The van der Waals surface area contributed by atoms with E-state index >= 15 is 0 Å². The van der Waals surface area contributed by atoms with Gasteiger partial charge in [0.25, 0.3) is 5.91 Å². The molecular weight excluding hydrogens is 356 g/mol. The average Bonchev–Trinajstić information content (AvgIpc) is 2.65. The third-order valence-corrected chi connectivity index (χ3v) is 4.10. The Morgan fingerprint density at radius 2 is 1.88 bits per heavy atom. The highest BCUT2D eigenvalue weighted by Gasteiger charge is 2.13. The first-order valence-corrected chi connectivity index (χ1v) is 7.99. The number of nitrogens with zero attached hydrogens (tertiary/aromatic N) is 1. The largest absolute Gasteiger partial charge is 0.507 e. The van der Waals surface area contributed by atoms with Crippen LogP contribution in [0.15, 0.2) is 53.6 Å². The molecular formula is C19H15ClN2O4. The zero-order chi connectivity index (χ0) is 18.7. The number of nitrogens with one attached hydrogen (secondary N) is 1. The molecule has 0 saturated heterocycles. The molecule has 0 bridgehead atoms. The number of ether oxygens (including phenoxy) is 1. The van der Waals surface area contributed by atoms with Crippen molar-refractivity contribution in [1.29, 1.82) is 0 Å². The van der Waals surface area contributed by atoms with Crippen molar-refractivity contribution in [2.45, 2.75) is 0 Å². The molecule has 0 heterocycles. The molecule has 3 N–H and O–H groups in total. The number of methoxy groups -OCH3 is 1. The molecule has 0 spiro atoms. The van der Waals surface area contributed by atoms with E-state index in [0.717, 1.165) is 10.9 Å². The summed E-state index contributed by atoms with van der Waals surface area (Å²) in [7, 11) is 1.36. The fourth-order valence-corrected chi connectivity index (χ4v) is 2.72. The van der Waals surface area contributed by atoms with Crippen LogP contribution in [0.1, 0.15) is 15.9 Å². The lowest BCUT2D eigenvalue weighted by atomic mass is 10.0. The van der Waals surface area contributed by atoms with Gasteiger partial charge in [0.15, 0.2) is 11.5 Å². The van der Waals surface area contributed by atoms with Crippen molar-refractivity contribution in [3.8, 4) is 17.2 Å². The summed E-state index contributed by atoms with van der Waals surface area (Å²) in [6, 6.07) is 13.3. The minimum atomic E-state index is -0.510. The van der Waals surface area contributed by atoms with E-state index in [1.54, 1.807) is 18.2 Å². The van der Waals surface area contributed by atoms with Gasteiger partial charge in [-0.25, -0.2) is 5.43 Å². The Kier molecular flexibility index (Phi) is 4.95. The predicted octanol–water partition coefficient (Wildman–Crippen LogP) is 3.68. The van der Waals surface area contributed by atoms with Gasteiger partial charge < -0.3 is 14.9 Å². The highest BCUT2D eigenvalue weighted by Crippen LogP contribution is 2.34. The third-order valence-electron chi connectivity index (χ3n) is 3.82. The molecule has 0 aromatic heterocycles. The van der Waals surface area contributed by atoms with Crippen LogP contribution in [0.5, 0.6) is 17.2 Å². The number of rotatable bonds is 4. The number of phenols is 2. The lowest BCUT2D eigenvalue weighted by Crippen LogP contribution is -2.17. The summed E-state index contributed by atoms with van der Waals surface area (Å²) < 4.78 is 4.97. The number of aromatic hydroxyl groups is 2. The monoisotopic (exact) mass is 370 g/mol. The molecule has 6 nitrogen and oxygen atoms in total. The van der Waals surface area contributed by atoms with Gasteiger partial charge in [-0.2, -0.15) is 5.10 Å². The summed E-state index contributed by atoms with van der Waals surface area (Å²) >= 11 is 5.88. The van der Waals surface area contributed by atoms with Crippen LogP contribution < -0.4 is 10.2 Å². The maximum absolute atomic E-state index is 12.2. The molecule has 0 aliphatic carbocycles. The van der Waals surface area contributed by atoms with Gasteiger partial charge in [0.05, 0.1) is 18.3 Å². The van der Waals surface area contributed by atoms with Gasteiger partial charge in [-0.15, -0.1) is 0 Å². The van der Waals surface area contributed by atoms with Crippen LogP contribution in [-0.4, -0.2) is 29.4 Å². The van der Waals surface area contributed by atoms with E-state index in [9.17, 15) is 15.0 Å². The van der Waals surface area contributed by atoms with Gasteiger partial charge in [0, 0.05) is 16.5 Å². The Balaban J connectivity index is 1.82. The number of hydrazone groups is 1. The number of phenolic OH excluding ortho intramolecular Hbond substituents is 2. The lowest BCUT2D eigenvalue weighted by molar-refractivity contribution is 0.0954. The first-order chi connectivity index (χ1) is 12.5. The van der Waals surface area contributed by atoms with Crippen molar-refractivity contribution in [1.82, 2.24) is 5.43 Å². The SMILES string of the molecule is COc1cc(C(=O)N/N=C/c2ccc(O)c3ccccc23)cc(Cl)c1O. The second-order valence-corrected chi connectivity index (χ2v) is 5.83. The molecule has 0 atom stereocenters. The molecule has 0 radical (unpaired) electrons. The van der Waals surface area contributed by atoms with Crippen LogP contribution in [-0.2, 0) is 0 Å². The first-order valence-electron chi connectivity index (χ1n) is 7.62. The van der Waals surface area contributed by atoms with Crippen LogP contribution in [0.25, 0.3) is 10.8 Å². The standard InChI is InChI=1S/C19H15ClN2O4/c1-26-17-9-12(8-15(20)18(17)24)19(25)22-21-10-11-6-7-16(23)14-5-3-2-4-13(11)14/h2-10,23-24H,1H3,(H,22,25)/b21-10+. The average molecular weight is 371 g/mol. The Morgan fingerprint density at radius 1 is 1.15 bits per heavy atom. The van der Waals surface area contributed by atoms with Gasteiger partial charge in [0.2, 0.25) is 0 Å². The lowest BCUT2D eigenvalue weighted by Gasteiger charge is -2.08. The van der Waals surface area contributed by atoms with Crippen LogP contribution >= 0.6 is 11.6 Å².